The van der Waals surface area contributed by atoms with E-state index in [0.29, 0.717) is 16.2 Å². The molecule has 0 heteroatoms. The molecule has 6 atom stereocenters. The monoisotopic (exact) mass is 270 g/mol. The highest BCUT2D eigenvalue weighted by molar-refractivity contribution is 5.27. The van der Waals surface area contributed by atoms with Gasteiger partial charge in [0.25, 0.3) is 0 Å². The molecule has 0 N–H and O–H groups in total. The third-order valence-electron chi connectivity index (χ3n) is 8.23. The van der Waals surface area contributed by atoms with E-state index in [4.69, 9.17) is 0 Å². The molecular formula is C20H30. The molecule has 4 rings (SSSR count). The average molecular weight is 270 g/mol. The first-order valence-corrected chi connectivity index (χ1v) is 8.86. The third kappa shape index (κ3) is 1.49. The largest absolute Gasteiger partial charge is 0.0777 e. The van der Waals surface area contributed by atoms with E-state index in [0.717, 1.165) is 17.8 Å². The van der Waals surface area contributed by atoms with E-state index in [2.05, 4.69) is 45.1 Å². The standard InChI is InChI=1S/C20H30/c1-18-10-6-7-16(18)15-8-14-19(2)11-4-5-12-20(19,3)17(15)9-13-18/h4-5,11-12,15-17H,6-10,13-14H2,1-3H3/t15-,16-,17-,18-,19-,20+/m0/s1. The summed E-state index contributed by atoms with van der Waals surface area (Å²) in [6.07, 6.45) is 20.1. The van der Waals surface area contributed by atoms with Gasteiger partial charge in [-0.05, 0) is 72.5 Å². The van der Waals surface area contributed by atoms with Gasteiger partial charge in [-0.1, -0.05) is 51.5 Å². The van der Waals surface area contributed by atoms with Crippen LogP contribution in [0.1, 0.15) is 65.7 Å². The van der Waals surface area contributed by atoms with Gasteiger partial charge in [0.2, 0.25) is 0 Å². The van der Waals surface area contributed by atoms with Crippen LogP contribution < -0.4 is 0 Å². The minimum absolute atomic E-state index is 0.411. The summed E-state index contributed by atoms with van der Waals surface area (Å²) >= 11 is 0. The summed E-state index contributed by atoms with van der Waals surface area (Å²) in [5.74, 6) is 2.96. The fourth-order valence-electron chi connectivity index (χ4n) is 6.69. The minimum atomic E-state index is 0.411. The Morgan fingerprint density at radius 1 is 0.800 bits per heavy atom. The maximum atomic E-state index is 2.60. The molecule has 3 fully saturated rings. The van der Waals surface area contributed by atoms with Gasteiger partial charge in [-0.2, -0.15) is 0 Å². The summed E-state index contributed by atoms with van der Waals surface area (Å²) in [5.41, 5.74) is 1.52. The van der Waals surface area contributed by atoms with Gasteiger partial charge in [0, 0.05) is 0 Å². The van der Waals surface area contributed by atoms with Gasteiger partial charge in [-0.3, -0.25) is 0 Å². The van der Waals surface area contributed by atoms with Crippen molar-refractivity contribution in [3.63, 3.8) is 0 Å². The summed E-state index contributed by atoms with van der Waals surface area (Å²) in [5, 5.41) is 0. The Hall–Kier alpha value is -0.520. The normalized spacial score (nSPS) is 57.0. The molecule has 0 aliphatic heterocycles. The van der Waals surface area contributed by atoms with Gasteiger partial charge in [-0.25, -0.2) is 0 Å². The van der Waals surface area contributed by atoms with Crippen molar-refractivity contribution >= 4 is 0 Å². The lowest BCUT2D eigenvalue weighted by atomic mass is 9.43. The molecule has 0 saturated heterocycles. The van der Waals surface area contributed by atoms with E-state index >= 15 is 0 Å². The highest BCUT2D eigenvalue weighted by Gasteiger charge is 2.59. The van der Waals surface area contributed by atoms with Crippen LogP contribution in [0.2, 0.25) is 0 Å². The van der Waals surface area contributed by atoms with Crippen molar-refractivity contribution in [3.8, 4) is 0 Å². The highest BCUT2D eigenvalue weighted by Crippen LogP contribution is 2.67. The number of fused-ring (bicyclic) bond motifs is 5. The number of hydrogen-bond acceptors (Lipinski definition) is 0. The SMILES string of the molecule is C[C@@]12CCC[C@H]1[C@@H]1CC[C@]3(C)C=CC=C[C@]3(C)[C@H]1CC2. The summed E-state index contributed by atoms with van der Waals surface area (Å²) < 4.78 is 0. The van der Waals surface area contributed by atoms with Crippen molar-refractivity contribution in [3.05, 3.63) is 24.3 Å². The molecule has 0 spiro atoms. The van der Waals surface area contributed by atoms with Crippen LogP contribution in [0.5, 0.6) is 0 Å². The van der Waals surface area contributed by atoms with Crippen molar-refractivity contribution in [1.82, 2.24) is 0 Å². The number of rotatable bonds is 0. The van der Waals surface area contributed by atoms with Gasteiger partial charge >= 0.3 is 0 Å². The predicted molar refractivity (Wildman–Crippen MR) is 85.4 cm³/mol. The second-order valence-corrected chi connectivity index (χ2v) is 8.92. The zero-order chi connectivity index (χ0) is 14.0. The quantitative estimate of drug-likeness (QED) is 0.525. The first-order chi connectivity index (χ1) is 9.49. The van der Waals surface area contributed by atoms with Crippen LogP contribution in [0.25, 0.3) is 0 Å². The van der Waals surface area contributed by atoms with Crippen LogP contribution in [0, 0.1) is 34.0 Å². The Kier molecular flexibility index (Phi) is 2.65. The summed E-state index contributed by atoms with van der Waals surface area (Å²) in [4.78, 5) is 0. The van der Waals surface area contributed by atoms with E-state index < -0.39 is 0 Å². The maximum absolute atomic E-state index is 2.60. The lowest BCUT2D eigenvalue weighted by Crippen LogP contribution is -2.54. The van der Waals surface area contributed by atoms with Gasteiger partial charge in [0.1, 0.15) is 0 Å². The maximum Gasteiger partial charge on any atom is -0.00241 e. The average Bonchev–Trinajstić information content (AvgIpc) is 2.81. The molecule has 0 unspecified atom stereocenters. The van der Waals surface area contributed by atoms with E-state index in [9.17, 15) is 0 Å². The van der Waals surface area contributed by atoms with Crippen LogP contribution >= 0.6 is 0 Å². The highest BCUT2D eigenvalue weighted by atomic mass is 14.6. The Balaban J connectivity index is 1.73. The van der Waals surface area contributed by atoms with E-state index in [1.54, 1.807) is 0 Å². The molecule has 3 saturated carbocycles. The van der Waals surface area contributed by atoms with Gasteiger partial charge in [0.15, 0.2) is 0 Å². The molecule has 0 amide bonds. The first-order valence-electron chi connectivity index (χ1n) is 8.86. The van der Waals surface area contributed by atoms with Crippen molar-refractivity contribution in [1.29, 1.82) is 0 Å². The second kappa shape index (κ2) is 4.02. The van der Waals surface area contributed by atoms with Crippen molar-refractivity contribution in [2.75, 3.05) is 0 Å². The molecule has 0 aromatic rings. The first kappa shape index (κ1) is 13.2. The fraction of sp³-hybridized carbons (Fsp3) is 0.800. The number of hydrogen-bond donors (Lipinski definition) is 0. The van der Waals surface area contributed by atoms with Gasteiger partial charge in [-0.15, -0.1) is 0 Å². The predicted octanol–water partition coefficient (Wildman–Crippen LogP) is 5.75. The zero-order valence-corrected chi connectivity index (χ0v) is 13.5. The molecule has 0 radical (unpaired) electrons. The Morgan fingerprint density at radius 2 is 1.60 bits per heavy atom. The van der Waals surface area contributed by atoms with Crippen LogP contribution in [-0.2, 0) is 0 Å². The third-order valence-corrected chi connectivity index (χ3v) is 8.23. The summed E-state index contributed by atoms with van der Waals surface area (Å²) in [6.45, 7) is 7.70. The van der Waals surface area contributed by atoms with Crippen LogP contribution in [0.15, 0.2) is 24.3 Å². The lowest BCUT2D eigenvalue weighted by molar-refractivity contribution is -0.0853. The molecule has 4 aliphatic rings. The zero-order valence-electron chi connectivity index (χ0n) is 13.5. The Morgan fingerprint density at radius 3 is 2.45 bits per heavy atom. The molecule has 0 nitrogen and oxygen atoms in total. The van der Waals surface area contributed by atoms with Crippen molar-refractivity contribution < 1.29 is 0 Å². The molecule has 4 aliphatic carbocycles. The lowest BCUT2D eigenvalue weighted by Gasteiger charge is -2.61. The van der Waals surface area contributed by atoms with Crippen molar-refractivity contribution in [2.45, 2.75) is 65.7 Å². The molecule has 0 heterocycles. The van der Waals surface area contributed by atoms with Crippen LogP contribution in [0.4, 0.5) is 0 Å². The summed E-state index contributed by atoms with van der Waals surface area (Å²) in [6, 6.07) is 0. The van der Waals surface area contributed by atoms with Crippen LogP contribution in [0.3, 0.4) is 0 Å². The molecule has 0 aromatic carbocycles. The second-order valence-electron chi connectivity index (χ2n) is 8.92. The van der Waals surface area contributed by atoms with E-state index in [-0.39, 0.29) is 0 Å². The number of allylic oxidation sites excluding steroid dienone is 4. The van der Waals surface area contributed by atoms with Crippen molar-refractivity contribution in [2.24, 2.45) is 34.0 Å². The van der Waals surface area contributed by atoms with E-state index in [1.165, 1.54) is 44.9 Å². The smallest absolute Gasteiger partial charge is 0.00241 e. The van der Waals surface area contributed by atoms with E-state index in [1.807, 2.05) is 0 Å². The minimum Gasteiger partial charge on any atom is -0.0777 e. The van der Waals surface area contributed by atoms with Gasteiger partial charge < -0.3 is 0 Å². The fourth-order valence-corrected chi connectivity index (χ4v) is 6.69. The molecule has 0 aromatic heterocycles. The topological polar surface area (TPSA) is 0 Å². The molecular weight excluding hydrogens is 240 g/mol. The van der Waals surface area contributed by atoms with Gasteiger partial charge in [0.05, 0.1) is 0 Å². The molecule has 20 heavy (non-hydrogen) atoms. The summed E-state index contributed by atoms with van der Waals surface area (Å²) in [7, 11) is 0. The Labute approximate surface area is 124 Å². The Bertz CT molecular complexity index is 472. The molecule has 110 valence electrons. The molecule has 0 bridgehead atoms. The van der Waals surface area contributed by atoms with Crippen LogP contribution in [-0.4, -0.2) is 0 Å².